The van der Waals surface area contributed by atoms with Crippen LogP contribution < -0.4 is 5.73 Å². The molecule has 0 spiro atoms. The Labute approximate surface area is 78.9 Å². The zero-order valence-corrected chi connectivity index (χ0v) is 8.54. The Morgan fingerprint density at radius 3 is 2.83 bits per heavy atom. The first-order chi connectivity index (χ1) is 5.68. The Hall–Kier alpha value is -0.491. The molecule has 0 aromatic rings. The summed E-state index contributed by atoms with van der Waals surface area (Å²) in [5.41, 5.74) is 5.30. The SMILES string of the molecule is C#CCC[Se]CC[C@H](N)C(=O)O. The number of hydrogen-bond acceptors (Lipinski definition) is 2. The molecule has 4 heteroatoms. The normalized spacial score (nSPS) is 12.0. The van der Waals surface area contributed by atoms with Gasteiger partial charge in [-0.15, -0.1) is 0 Å². The minimum absolute atomic E-state index is 0.458. The molecule has 1 atom stereocenters. The van der Waals surface area contributed by atoms with Crippen LogP contribution in [0.5, 0.6) is 0 Å². The van der Waals surface area contributed by atoms with E-state index < -0.39 is 12.0 Å². The van der Waals surface area contributed by atoms with E-state index in [-0.39, 0.29) is 0 Å². The van der Waals surface area contributed by atoms with Crippen LogP contribution in [0.3, 0.4) is 0 Å². The van der Waals surface area contributed by atoms with Gasteiger partial charge in [0.05, 0.1) is 0 Å². The zero-order valence-electron chi connectivity index (χ0n) is 6.82. The van der Waals surface area contributed by atoms with Crippen molar-refractivity contribution in [3.05, 3.63) is 0 Å². The zero-order chi connectivity index (χ0) is 9.40. The summed E-state index contributed by atoms with van der Waals surface area (Å²) in [6, 6.07) is -0.697. The van der Waals surface area contributed by atoms with Crippen LogP contribution in [0.4, 0.5) is 0 Å². The van der Waals surface area contributed by atoms with Gasteiger partial charge in [-0.05, 0) is 0 Å². The number of carbonyl (C=O) groups is 1. The van der Waals surface area contributed by atoms with E-state index in [0.29, 0.717) is 21.4 Å². The standard InChI is InChI=1S/C8H13NO2Se/c1-2-3-5-12-6-4-7(9)8(10)11/h1,7H,3-6,9H2,(H,10,11)/t7-/m0/s1. The molecule has 0 aliphatic carbocycles. The van der Waals surface area contributed by atoms with Crippen molar-refractivity contribution in [3.8, 4) is 12.3 Å². The number of nitrogens with two attached hydrogens (primary N) is 1. The van der Waals surface area contributed by atoms with Crippen LogP contribution in [-0.2, 0) is 4.79 Å². The monoisotopic (exact) mass is 235 g/mol. The van der Waals surface area contributed by atoms with Crippen LogP contribution in [0.1, 0.15) is 12.8 Å². The molecule has 0 aromatic heterocycles. The molecule has 0 rings (SSSR count). The van der Waals surface area contributed by atoms with E-state index in [1.165, 1.54) is 0 Å². The van der Waals surface area contributed by atoms with Crippen LogP contribution in [0.25, 0.3) is 0 Å². The topological polar surface area (TPSA) is 63.3 Å². The van der Waals surface area contributed by atoms with Crippen LogP contribution in [0, 0.1) is 12.3 Å². The Morgan fingerprint density at radius 2 is 2.33 bits per heavy atom. The molecule has 0 unspecified atom stereocenters. The van der Waals surface area contributed by atoms with Gasteiger partial charge in [0.15, 0.2) is 0 Å². The summed E-state index contributed by atoms with van der Waals surface area (Å²) in [4.78, 5) is 10.3. The van der Waals surface area contributed by atoms with Gasteiger partial charge in [0.2, 0.25) is 0 Å². The molecule has 0 aromatic carbocycles. The second kappa shape index (κ2) is 7.17. The van der Waals surface area contributed by atoms with Crippen LogP contribution >= 0.6 is 0 Å². The van der Waals surface area contributed by atoms with E-state index >= 15 is 0 Å². The molecule has 3 nitrogen and oxygen atoms in total. The summed E-state index contributed by atoms with van der Waals surface area (Å²) in [6.07, 6.45) is 6.42. The molecule has 0 radical (unpaired) electrons. The maximum absolute atomic E-state index is 10.3. The van der Waals surface area contributed by atoms with E-state index in [1.54, 1.807) is 0 Å². The van der Waals surface area contributed by atoms with Gasteiger partial charge in [-0.1, -0.05) is 0 Å². The summed E-state index contributed by atoms with van der Waals surface area (Å²) >= 11 is 0.458. The van der Waals surface area contributed by atoms with Crippen LogP contribution in [-0.4, -0.2) is 32.1 Å². The van der Waals surface area contributed by atoms with Crippen molar-refractivity contribution >= 4 is 20.9 Å². The molecule has 0 fully saturated rings. The molecule has 3 N–H and O–H groups in total. The predicted octanol–water partition coefficient (Wildman–Crippen LogP) is 0.353. The Kier molecular flexibility index (Phi) is 6.88. The average molecular weight is 234 g/mol. The Bertz CT molecular complexity index is 176. The summed E-state index contributed by atoms with van der Waals surface area (Å²) in [5.74, 6) is 1.63. The van der Waals surface area contributed by atoms with E-state index in [0.717, 1.165) is 17.1 Å². The van der Waals surface area contributed by atoms with E-state index in [1.807, 2.05) is 0 Å². The Morgan fingerprint density at radius 1 is 1.67 bits per heavy atom. The second-order valence-corrected chi connectivity index (χ2v) is 4.87. The fraction of sp³-hybridized carbons (Fsp3) is 0.625. The van der Waals surface area contributed by atoms with Crippen molar-refractivity contribution in [1.29, 1.82) is 0 Å². The summed E-state index contributed by atoms with van der Waals surface area (Å²) in [5, 5.41) is 10.4. The summed E-state index contributed by atoms with van der Waals surface area (Å²) in [6.45, 7) is 0. The summed E-state index contributed by atoms with van der Waals surface area (Å²) < 4.78 is 0. The van der Waals surface area contributed by atoms with E-state index in [4.69, 9.17) is 17.3 Å². The molecule has 0 amide bonds. The average Bonchev–Trinajstić information content (AvgIpc) is 2.03. The number of hydrogen-bond donors (Lipinski definition) is 2. The molecule has 0 aliphatic rings. The van der Waals surface area contributed by atoms with Gasteiger partial charge in [-0.25, -0.2) is 0 Å². The molecule has 0 heterocycles. The first kappa shape index (κ1) is 11.5. The summed E-state index contributed by atoms with van der Waals surface area (Å²) in [7, 11) is 0. The number of carboxylic acids is 1. The third kappa shape index (κ3) is 6.23. The number of aliphatic carboxylic acids is 1. The van der Waals surface area contributed by atoms with Gasteiger partial charge < -0.3 is 0 Å². The van der Waals surface area contributed by atoms with E-state index in [2.05, 4.69) is 5.92 Å². The van der Waals surface area contributed by atoms with Gasteiger partial charge >= 0.3 is 78.4 Å². The van der Waals surface area contributed by atoms with Crippen molar-refractivity contribution in [2.75, 3.05) is 0 Å². The van der Waals surface area contributed by atoms with Gasteiger partial charge in [0.1, 0.15) is 0 Å². The molecule has 0 bridgehead atoms. The van der Waals surface area contributed by atoms with Crippen LogP contribution in [0.15, 0.2) is 0 Å². The first-order valence-electron chi connectivity index (χ1n) is 3.68. The Balaban J connectivity index is 3.21. The number of terminal acetylenes is 1. The van der Waals surface area contributed by atoms with Gasteiger partial charge in [0.25, 0.3) is 0 Å². The van der Waals surface area contributed by atoms with Gasteiger partial charge in [-0.3, -0.25) is 0 Å². The minimum atomic E-state index is -0.914. The van der Waals surface area contributed by atoms with Crippen molar-refractivity contribution in [3.63, 3.8) is 0 Å². The fourth-order valence-corrected chi connectivity index (χ4v) is 2.43. The van der Waals surface area contributed by atoms with Crippen molar-refractivity contribution in [2.24, 2.45) is 5.73 Å². The molecule has 68 valence electrons. The second-order valence-electron chi connectivity index (χ2n) is 2.30. The number of rotatable bonds is 6. The third-order valence-corrected chi connectivity index (χ3v) is 3.42. The van der Waals surface area contributed by atoms with Gasteiger partial charge in [-0.2, -0.15) is 0 Å². The molecule has 0 saturated heterocycles. The maximum atomic E-state index is 10.3. The van der Waals surface area contributed by atoms with Crippen molar-refractivity contribution in [1.82, 2.24) is 0 Å². The molecule has 0 aliphatic heterocycles. The van der Waals surface area contributed by atoms with Crippen LogP contribution in [0.2, 0.25) is 10.6 Å². The molecular formula is C8H13NO2Se. The quantitative estimate of drug-likeness (QED) is 0.396. The third-order valence-electron chi connectivity index (χ3n) is 1.28. The first-order valence-corrected chi connectivity index (χ1v) is 6.10. The fourth-order valence-electron chi connectivity index (χ4n) is 0.567. The predicted molar refractivity (Wildman–Crippen MR) is 49.0 cm³/mol. The van der Waals surface area contributed by atoms with E-state index in [9.17, 15) is 4.79 Å². The molecule has 0 saturated carbocycles. The molecule has 12 heavy (non-hydrogen) atoms. The molecular weight excluding hydrogens is 221 g/mol. The number of carboxylic acid groups (broad SMARTS) is 1. The van der Waals surface area contributed by atoms with Crippen molar-refractivity contribution in [2.45, 2.75) is 29.5 Å². The van der Waals surface area contributed by atoms with Crippen molar-refractivity contribution < 1.29 is 9.90 Å². The van der Waals surface area contributed by atoms with Gasteiger partial charge in [0, 0.05) is 0 Å².